The Morgan fingerprint density at radius 3 is 2.60 bits per heavy atom. The smallest absolute Gasteiger partial charge is 0.0325 e. The normalized spacial score (nSPS) is 19.0. The Bertz CT molecular complexity index is 337. The highest BCUT2D eigenvalue weighted by Gasteiger charge is 2.20. The van der Waals surface area contributed by atoms with Crippen molar-refractivity contribution in [3.8, 4) is 0 Å². The molecule has 0 aromatic heterocycles. The van der Waals surface area contributed by atoms with E-state index < -0.39 is 0 Å². The van der Waals surface area contributed by atoms with Crippen molar-refractivity contribution in [2.45, 2.75) is 25.8 Å². The molecular formula is C14H19N. The summed E-state index contributed by atoms with van der Waals surface area (Å²) in [5, 5.41) is 0. The molecule has 0 radical (unpaired) electrons. The molecule has 0 saturated carbocycles. The molecule has 1 heteroatoms. The first-order valence-corrected chi connectivity index (χ1v) is 5.78. The fourth-order valence-corrected chi connectivity index (χ4v) is 2.40. The lowest BCUT2D eigenvalue weighted by Gasteiger charge is -2.25. The minimum atomic E-state index is 0.529. The van der Waals surface area contributed by atoms with E-state index in [1.54, 1.807) is 0 Å². The molecule has 1 aliphatic heterocycles. The summed E-state index contributed by atoms with van der Waals surface area (Å²) in [6.45, 7) is 8.67. The Labute approximate surface area is 92.4 Å². The van der Waals surface area contributed by atoms with Gasteiger partial charge in [0.05, 0.1) is 0 Å². The van der Waals surface area contributed by atoms with Gasteiger partial charge in [0.15, 0.2) is 0 Å². The van der Waals surface area contributed by atoms with Gasteiger partial charge in [-0.05, 0) is 44.0 Å². The van der Waals surface area contributed by atoms with Crippen molar-refractivity contribution in [3.63, 3.8) is 0 Å². The molecule has 0 aliphatic carbocycles. The van der Waals surface area contributed by atoms with E-state index in [2.05, 4.69) is 42.7 Å². The van der Waals surface area contributed by atoms with E-state index in [1.165, 1.54) is 37.1 Å². The fraction of sp³-hybridized carbons (Fsp3) is 0.429. The molecule has 80 valence electrons. The summed E-state index contributed by atoms with van der Waals surface area (Å²) in [4.78, 5) is 2.56. The van der Waals surface area contributed by atoms with Gasteiger partial charge < -0.3 is 0 Å². The molecule has 1 nitrogen and oxygen atoms in total. The van der Waals surface area contributed by atoms with Gasteiger partial charge in [-0.25, -0.2) is 0 Å². The van der Waals surface area contributed by atoms with Crippen LogP contribution in [0.25, 0.3) is 6.08 Å². The van der Waals surface area contributed by atoms with E-state index in [0.29, 0.717) is 6.04 Å². The van der Waals surface area contributed by atoms with Gasteiger partial charge in [-0.2, -0.15) is 0 Å². The van der Waals surface area contributed by atoms with Crippen molar-refractivity contribution < 1.29 is 0 Å². The molecule has 1 saturated heterocycles. The highest BCUT2D eigenvalue weighted by molar-refractivity contribution is 5.52. The van der Waals surface area contributed by atoms with Gasteiger partial charge in [0.1, 0.15) is 0 Å². The van der Waals surface area contributed by atoms with Crippen molar-refractivity contribution in [2.75, 3.05) is 13.1 Å². The molecule has 1 aromatic carbocycles. The standard InChI is InChI=1S/C14H19N/c1-3-13-8-4-5-9-14(13)12(2)15-10-6-7-11-15/h3-5,8-9,12H,1,6-7,10-11H2,2H3. The monoisotopic (exact) mass is 201 g/mol. The van der Waals surface area contributed by atoms with Crippen LogP contribution >= 0.6 is 0 Å². The maximum absolute atomic E-state index is 3.88. The van der Waals surface area contributed by atoms with Crippen LogP contribution in [0.3, 0.4) is 0 Å². The topological polar surface area (TPSA) is 3.24 Å². The highest BCUT2D eigenvalue weighted by Crippen LogP contribution is 2.27. The van der Waals surface area contributed by atoms with E-state index in [9.17, 15) is 0 Å². The average molecular weight is 201 g/mol. The molecule has 0 bridgehead atoms. The van der Waals surface area contributed by atoms with E-state index in [1.807, 2.05) is 6.08 Å². The molecule has 1 unspecified atom stereocenters. The molecule has 2 rings (SSSR count). The van der Waals surface area contributed by atoms with Crippen LogP contribution in [0.2, 0.25) is 0 Å². The number of benzene rings is 1. The zero-order valence-electron chi connectivity index (χ0n) is 9.45. The molecule has 1 atom stereocenters. The molecule has 1 aromatic rings. The number of nitrogens with zero attached hydrogens (tertiary/aromatic N) is 1. The molecule has 0 amide bonds. The quantitative estimate of drug-likeness (QED) is 0.723. The van der Waals surface area contributed by atoms with E-state index >= 15 is 0 Å². The van der Waals surface area contributed by atoms with Gasteiger partial charge in [0.2, 0.25) is 0 Å². The lowest BCUT2D eigenvalue weighted by atomic mass is 10.0. The number of rotatable bonds is 3. The summed E-state index contributed by atoms with van der Waals surface area (Å²) < 4.78 is 0. The maximum atomic E-state index is 3.88. The van der Waals surface area contributed by atoms with Crippen molar-refractivity contribution >= 4 is 6.08 Å². The fourth-order valence-electron chi connectivity index (χ4n) is 2.40. The number of likely N-dealkylation sites (tertiary alicyclic amines) is 1. The summed E-state index contributed by atoms with van der Waals surface area (Å²) in [5.74, 6) is 0. The molecule has 0 N–H and O–H groups in total. The number of hydrogen-bond acceptors (Lipinski definition) is 1. The molecule has 0 spiro atoms. The molecule has 1 fully saturated rings. The van der Waals surface area contributed by atoms with Crippen LogP contribution in [0.5, 0.6) is 0 Å². The van der Waals surface area contributed by atoms with Gasteiger partial charge in [-0.1, -0.05) is 36.9 Å². The zero-order chi connectivity index (χ0) is 10.7. The minimum absolute atomic E-state index is 0.529. The summed E-state index contributed by atoms with van der Waals surface area (Å²) in [7, 11) is 0. The van der Waals surface area contributed by atoms with Gasteiger partial charge in [0.25, 0.3) is 0 Å². The van der Waals surface area contributed by atoms with Crippen molar-refractivity contribution in [2.24, 2.45) is 0 Å². The predicted octanol–water partition coefficient (Wildman–Crippen LogP) is 3.49. The van der Waals surface area contributed by atoms with Crippen LogP contribution in [0.1, 0.15) is 36.9 Å². The third-order valence-electron chi connectivity index (χ3n) is 3.35. The minimum Gasteiger partial charge on any atom is -0.297 e. The summed E-state index contributed by atoms with van der Waals surface area (Å²) in [6.07, 6.45) is 4.66. The second kappa shape index (κ2) is 4.63. The van der Waals surface area contributed by atoms with Gasteiger partial charge >= 0.3 is 0 Å². The van der Waals surface area contributed by atoms with Crippen LogP contribution in [-0.2, 0) is 0 Å². The summed E-state index contributed by atoms with van der Waals surface area (Å²) >= 11 is 0. The van der Waals surface area contributed by atoms with Crippen LogP contribution in [0.4, 0.5) is 0 Å². The lowest BCUT2D eigenvalue weighted by molar-refractivity contribution is 0.263. The van der Waals surface area contributed by atoms with Crippen LogP contribution in [0.15, 0.2) is 30.8 Å². The summed E-state index contributed by atoms with van der Waals surface area (Å²) in [5.41, 5.74) is 2.69. The second-order valence-electron chi connectivity index (χ2n) is 4.25. The van der Waals surface area contributed by atoms with E-state index in [-0.39, 0.29) is 0 Å². The predicted molar refractivity (Wildman–Crippen MR) is 65.8 cm³/mol. The van der Waals surface area contributed by atoms with Gasteiger partial charge in [-0.3, -0.25) is 4.90 Å². The highest BCUT2D eigenvalue weighted by atomic mass is 15.2. The Morgan fingerprint density at radius 1 is 1.27 bits per heavy atom. The molecule has 1 heterocycles. The molecular weight excluding hydrogens is 182 g/mol. The van der Waals surface area contributed by atoms with Crippen molar-refractivity contribution in [1.82, 2.24) is 4.90 Å². The Morgan fingerprint density at radius 2 is 1.93 bits per heavy atom. The van der Waals surface area contributed by atoms with Crippen LogP contribution in [0, 0.1) is 0 Å². The molecule has 15 heavy (non-hydrogen) atoms. The number of hydrogen-bond donors (Lipinski definition) is 0. The van der Waals surface area contributed by atoms with Gasteiger partial charge in [0, 0.05) is 6.04 Å². The third-order valence-corrected chi connectivity index (χ3v) is 3.35. The lowest BCUT2D eigenvalue weighted by Crippen LogP contribution is -2.23. The maximum Gasteiger partial charge on any atom is 0.0325 e. The Kier molecular flexibility index (Phi) is 3.22. The zero-order valence-corrected chi connectivity index (χ0v) is 9.45. The van der Waals surface area contributed by atoms with E-state index in [4.69, 9.17) is 0 Å². The Balaban J connectivity index is 2.23. The first kappa shape index (κ1) is 10.4. The van der Waals surface area contributed by atoms with Crippen molar-refractivity contribution in [3.05, 3.63) is 42.0 Å². The first-order valence-electron chi connectivity index (χ1n) is 5.78. The van der Waals surface area contributed by atoms with Crippen LogP contribution < -0.4 is 0 Å². The Hall–Kier alpha value is -1.08. The largest absolute Gasteiger partial charge is 0.297 e. The second-order valence-corrected chi connectivity index (χ2v) is 4.25. The van der Waals surface area contributed by atoms with E-state index in [0.717, 1.165) is 0 Å². The first-order chi connectivity index (χ1) is 7.33. The van der Waals surface area contributed by atoms with Crippen molar-refractivity contribution in [1.29, 1.82) is 0 Å². The third kappa shape index (κ3) is 2.13. The van der Waals surface area contributed by atoms with Crippen LogP contribution in [-0.4, -0.2) is 18.0 Å². The van der Waals surface area contributed by atoms with Gasteiger partial charge in [-0.15, -0.1) is 0 Å². The SMILES string of the molecule is C=Cc1ccccc1C(C)N1CCCC1. The molecule has 1 aliphatic rings. The summed E-state index contributed by atoms with van der Waals surface area (Å²) in [6, 6.07) is 9.10. The average Bonchev–Trinajstić information content (AvgIpc) is 2.81.